The van der Waals surface area contributed by atoms with E-state index in [0.717, 1.165) is 0 Å². The summed E-state index contributed by atoms with van der Waals surface area (Å²) < 4.78 is 4.52. The third-order valence-electron chi connectivity index (χ3n) is 0.608. The molecule has 0 aliphatic rings. The van der Waals surface area contributed by atoms with Crippen LogP contribution >= 0.6 is 0 Å². The first-order valence-corrected chi connectivity index (χ1v) is 2.40. The van der Waals surface area contributed by atoms with E-state index in [1.807, 2.05) is 0 Å². The van der Waals surface area contributed by atoms with Gasteiger partial charge in [0.2, 0.25) is 0 Å². The van der Waals surface area contributed by atoms with Gasteiger partial charge in [-0.1, -0.05) is 13.2 Å². The van der Waals surface area contributed by atoms with E-state index in [9.17, 15) is 4.79 Å². The maximum absolute atomic E-state index is 10.4. The Morgan fingerprint density at radius 3 is 2.56 bits per heavy atom. The molecule has 0 heterocycles. The molecular weight excluding hydrogens is 116 g/mol. The van der Waals surface area contributed by atoms with Gasteiger partial charge < -0.3 is 4.74 Å². The lowest BCUT2D eigenvalue weighted by Gasteiger charge is -1.83. The second kappa shape index (κ2) is 4.84. The smallest absolute Gasteiger partial charge is 0.181 e. The average molecular weight is 124 g/mol. The van der Waals surface area contributed by atoms with Gasteiger partial charge in [0.05, 0.1) is 12.5 Å². The van der Waals surface area contributed by atoms with Crippen LogP contribution in [0.25, 0.3) is 0 Å². The van der Waals surface area contributed by atoms with Gasteiger partial charge in [0.15, 0.2) is 5.78 Å². The number of hydrogen-bond donors (Lipinski definition) is 0. The highest BCUT2D eigenvalue weighted by molar-refractivity contribution is 5.98. The van der Waals surface area contributed by atoms with E-state index in [0.29, 0.717) is 0 Å². The molecule has 0 spiro atoms. The predicted molar refractivity (Wildman–Crippen MR) is 35.6 cm³/mol. The van der Waals surface area contributed by atoms with Gasteiger partial charge in [-0.15, -0.1) is 0 Å². The average Bonchev–Trinajstić information content (AvgIpc) is 1.89. The largest absolute Gasteiger partial charge is 0.473 e. The highest BCUT2D eigenvalue weighted by Crippen LogP contribution is 1.79. The van der Waals surface area contributed by atoms with E-state index in [2.05, 4.69) is 17.9 Å². The van der Waals surface area contributed by atoms with E-state index in [-0.39, 0.29) is 5.78 Å². The van der Waals surface area contributed by atoms with Crippen LogP contribution in [-0.4, -0.2) is 5.78 Å². The van der Waals surface area contributed by atoms with Crippen molar-refractivity contribution in [3.8, 4) is 0 Å². The zero-order chi connectivity index (χ0) is 7.11. The third kappa shape index (κ3) is 4.55. The fourth-order valence-corrected chi connectivity index (χ4v) is 0.230. The summed E-state index contributed by atoms with van der Waals surface area (Å²) in [5.41, 5.74) is 0. The lowest BCUT2D eigenvalue weighted by molar-refractivity contribution is -0.110. The van der Waals surface area contributed by atoms with Crippen LogP contribution in [0.5, 0.6) is 0 Å². The molecular formula is C7H8O2. The van der Waals surface area contributed by atoms with Gasteiger partial charge in [-0.05, 0) is 6.08 Å². The van der Waals surface area contributed by atoms with Crippen molar-refractivity contribution in [3.05, 3.63) is 37.8 Å². The Kier molecular flexibility index (Phi) is 4.14. The summed E-state index contributed by atoms with van der Waals surface area (Å²) in [6.07, 6.45) is 4.93. The maximum Gasteiger partial charge on any atom is 0.181 e. The minimum Gasteiger partial charge on any atom is -0.473 e. The van der Waals surface area contributed by atoms with E-state index in [1.54, 1.807) is 0 Å². The van der Waals surface area contributed by atoms with Gasteiger partial charge in [-0.2, -0.15) is 0 Å². The van der Waals surface area contributed by atoms with Crippen LogP contribution in [0.4, 0.5) is 0 Å². The SMILES string of the molecule is C=CO/C=C\C(=O)C=C. The molecule has 48 valence electrons. The number of ketones is 1. The third-order valence-corrected chi connectivity index (χ3v) is 0.608. The van der Waals surface area contributed by atoms with E-state index < -0.39 is 0 Å². The Balaban J connectivity index is 3.56. The zero-order valence-corrected chi connectivity index (χ0v) is 5.04. The quantitative estimate of drug-likeness (QED) is 0.418. The number of allylic oxidation sites excluding steroid dienone is 2. The molecule has 2 heteroatoms. The summed E-state index contributed by atoms with van der Waals surface area (Å²) >= 11 is 0. The molecule has 0 amide bonds. The zero-order valence-electron chi connectivity index (χ0n) is 5.04. The molecule has 0 aromatic heterocycles. The van der Waals surface area contributed by atoms with Crippen LogP contribution in [-0.2, 0) is 9.53 Å². The maximum atomic E-state index is 10.4. The second-order valence-electron chi connectivity index (χ2n) is 1.21. The fraction of sp³-hybridized carbons (Fsp3) is 0. The predicted octanol–water partition coefficient (Wildman–Crippen LogP) is 1.42. The molecule has 0 aromatic rings. The summed E-state index contributed by atoms with van der Waals surface area (Å²) in [6.45, 7) is 6.53. The lowest BCUT2D eigenvalue weighted by atomic mass is 10.4. The molecule has 0 unspecified atom stereocenters. The Morgan fingerprint density at radius 2 is 2.11 bits per heavy atom. The number of hydrogen-bond acceptors (Lipinski definition) is 2. The molecule has 0 aliphatic heterocycles. The van der Waals surface area contributed by atoms with Crippen molar-refractivity contribution in [3.63, 3.8) is 0 Å². The molecule has 0 N–H and O–H groups in total. The first-order chi connectivity index (χ1) is 4.31. The van der Waals surface area contributed by atoms with Gasteiger partial charge >= 0.3 is 0 Å². The Morgan fingerprint density at radius 1 is 1.44 bits per heavy atom. The molecule has 0 saturated heterocycles. The minimum absolute atomic E-state index is 0.183. The monoisotopic (exact) mass is 124 g/mol. The Hall–Kier alpha value is -1.31. The van der Waals surface area contributed by atoms with Gasteiger partial charge in [0.25, 0.3) is 0 Å². The summed E-state index contributed by atoms with van der Waals surface area (Å²) in [7, 11) is 0. The molecule has 0 fully saturated rings. The summed E-state index contributed by atoms with van der Waals surface area (Å²) in [5, 5.41) is 0. The Bertz CT molecular complexity index is 145. The van der Waals surface area contributed by atoms with E-state index in [4.69, 9.17) is 0 Å². The first kappa shape index (κ1) is 7.69. The van der Waals surface area contributed by atoms with Crippen molar-refractivity contribution < 1.29 is 9.53 Å². The van der Waals surface area contributed by atoms with Crippen molar-refractivity contribution in [1.82, 2.24) is 0 Å². The molecule has 0 aromatic carbocycles. The summed E-state index contributed by atoms with van der Waals surface area (Å²) in [5.74, 6) is -0.183. The number of rotatable bonds is 4. The highest BCUT2D eigenvalue weighted by Gasteiger charge is 1.81. The van der Waals surface area contributed by atoms with Crippen molar-refractivity contribution in [2.24, 2.45) is 0 Å². The summed E-state index contributed by atoms with van der Waals surface area (Å²) in [6, 6.07) is 0. The van der Waals surface area contributed by atoms with Crippen molar-refractivity contribution in [1.29, 1.82) is 0 Å². The van der Waals surface area contributed by atoms with Gasteiger partial charge in [0.1, 0.15) is 0 Å². The minimum atomic E-state index is -0.183. The van der Waals surface area contributed by atoms with Gasteiger partial charge in [-0.25, -0.2) is 0 Å². The van der Waals surface area contributed by atoms with Gasteiger partial charge in [-0.3, -0.25) is 4.79 Å². The first-order valence-electron chi connectivity index (χ1n) is 2.40. The second-order valence-corrected chi connectivity index (χ2v) is 1.21. The van der Waals surface area contributed by atoms with Crippen LogP contribution in [0.3, 0.4) is 0 Å². The molecule has 2 nitrogen and oxygen atoms in total. The molecule has 9 heavy (non-hydrogen) atoms. The molecule has 0 saturated carbocycles. The molecule has 0 aliphatic carbocycles. The van der Waals surface area contributed by atoms with Crippen LogP contribution < -0.4 is 0 Å². The normalized spacial score (nSPS) is 8.89. The lowest BCUT2D eigenvalue weighted by Crippen LogP contribution is -1.82. The van der Waals surface area contributed by atoms with Crippen molar-refractivity contribution >= 4 is 5.78 Å². The number of ether oxygens (including phenoxy) is 1. The van der Waals surface area contributed by atoms with Gasteiger partial charge in [0, 0.05) is 6.08 Å². The summed E-state index contributed by atoms with van der Waals surface area (Å²) in [4.78, 5) is 10.4. The van der Waals surface area contributed by atoms with Crippen LogP contribution in [0.2, 0.25) is 0 Å². The number of carbonyl (C=O) groups excluding carboxylic acids is 1. The fourth-order valence-electron chi connectivity index (χ4n) is 0.230. The number of carbonyl (C=O) groups is 1. The molecule has 0 bridgehead atoms. The topological polar surface area (TPSA) is 26.3 Å². The molecule has 0 atom stereocenters. The molecule has 0 radical (unpaired) electrons. The standard InChI is InChI=1S/C7H8O2/c1-3-7(8)5-6-9-4-2/h3-6H,1-2H2/b6-5-. The van der Waals surface area contributed by atoms with Crippen LogP contribution in [0.15, 0.2) is 37.8 Å². The Labute approximate surface area is 54.1 Å². The van der Waals surface area contributed by atoms with Crippen molar-refractivity contribution in [2.75, 3.05) is 0 Å². The van der Waals surface area contributed by atoms with Crippen LogP contribution in [0, 0.1) is 0 Å². The van der Waals surface area contributed by atoms with Crippen molar-refractivity contribution in [2.45, 2.75) is 0 Å². The van der Waals surface area contributed by atoms with E-state index in [1.165, 1.54) is 24.7 Å². The highest BCUT2D eigenvalue weighted by atomic mass is 16.5. The molecule has 0 rings (SSSR count). The van der Waals surface area contributed by atoms with Crippen LogP contribution in [0.1, 0.15) is 0 Å². The van der Waals surface area contributed by atoms with E-state index >= 15 is 0 Å².